The number of rotatable bonds is 5. The third-order valence-electron chi connectivity index (χ3n) is 10.0. The van der Waals surface area contributed by atoms with Crippen molar-refractivity contribution in [2.75, 3.05) is 6.54 Å². The summed E-state index contributed by atoms with van der Waals surface area (Å²) in [6.07, 6.45) is 0.154. The Kier molecular flexibility index (Phi) is 7.28. The zero-order chi connectivity index (χ0) is 28.9. The lowest BCUT2D eigenvalue weighted by Crippen LogP contribution is -2.60. The molecular formula is C32H37F4NO3. The zero-order valence-corrected chi connectivity index (χ0v) is 23.1. The lowest BCUT2D eigenvalue weighted by molar-refractivity contribution is -0.228. The minimum Gasteiger partial charge on any atom is -0.481 e. The first-order valence-electron chi connectivity index (χ1n) is 14.3. The van der Waals surface area contributed by atoms with Crippen molar-refractivity contribution in [3.63, 3.8) is 0 Å². The molecule has 0 radical (unpaired) electrons. The topological polar surface area (TPSA) is 57.6 Å². The summed E-state index contributed by atoms with van der Waals surface area (Å²) in [4.78, 5) is 27.7. The van der Waals surface area contributed by atoms with Crippen LogP contribution in [-0.4, -0.2) is 40.6 Å². The quantitative estimate of drug-likeness (QED) is 0.397. The smallest absolute Gasteiger partial charge is 0.426 e. The van der Waals surface area contributed by atoms with Crippen molar-refractivity contribution >= 4 is 11.9 Å². The molecule has 40 heavy (non-hydrogen) atoms. The lowest BCUT2D eigenvalue weighted by atomic mass is 9.59. The molecule has 2 aromatic rings. The van der Waals surface area contributed by atoms with Crippen molar-refractivity contribution in [3.05, 3.63) is 70.8 Å². The molecule has 1 N–H and O–H groups in total. The van der Waals surface area contributed by atoms with Gasteiger partial charge in [-0.15, -0.1) is 0 Å². The number of hydrogen-bond donors (Lipinski definition) is 1. The Morgan fingerprint density at radius 3 is 2.30 bits per heavy atom. The Morgan fingerprint density at radius 1 is 1.00 bits per heavy atom. The maximum absolute atomic E-state index is 14.9. The SMILES string of the molecule is CC1(C(=O)O)CCC(C(=O)N2CCCC3(Cc4ccccc4)c4ccc(C(C)(F)C(F)(F)F)cc4CCC23)CC1. The van der Waals surface area contributed by atoms with Gasteiger partial charge in [-0.2, -0.15) is 13.2 Å². The number of carbonyl (C=O) groups excluding carboxylic acids is 1. The van der Waals surface area contributed by atoms with Crippen LogP contribution in [0.1, 0.15) is 81.0 Å². The Labute approximate surface area is 232 Å². The first-order valence-corrected chi connectivity index (χ1v) is 14.3. The summed E-state index contributed by atoms with van der Waals surface area (Å²) in [5, 5.41) is 9.63. The van der Waals surface area contributed by atoms with Gasteiger partial charge < -0.3 is 10.0 Å². The standard InChI is InChI=1S/C32H37F4NO3/c1-29(28(39)40)16-13-22(14-17-29)27(38)37-18-6-15-31(20-21-7-4-3-5-8-21)25-11-10-24(30(2,33)32(34,35)36)19-23(25)9-12-26(31)37/h3-5,7-8,10-11,19,22,26H,6,9,12-18,20H2,1-2H3,(H,39,40). The van der Waals surface area contributed by atoms with Gasteiger partial charge in [0.05, 0.1) is 5.41 Å². The summed E-state index contributed by atoms with van der Waals surface area (Å²) in [5.74, 6) is -0.998. The van der Waals surface area contributed by atoms with Crippen molar-refractivity contribution in [3.8, 4) is 0 Å². The third-order valence-corrected chi connectivity index (χ3v) is 10.0. The van der Waals surface area contributed by atoms with Crippen LogP contribution < -0.4 is 0 Å². The van der Waals surface area contributed by atoms with Crippen LogP contribution in [0, 0.1) is 11.3 Å². The number of halogens is 4. The van der Waals surface area contributed by atoms with Crippen molar-refractivity contribution in [1.82, 2.24) is 4.90 Å². The predicted molar refractivity (Wildman–Crippen MR) is 144 cm³/mol. The fraction of sp³-hybridized carbons (Fsp3) is 0.562. The van der Waals surface area contributed by atoms with Gasteiger partial charge in [-0.25, -0.2) is 4.39 Å². The van der Waals surface area contributed by atoms with Crippen LogP contribution in [0.4, 0.5) is 17.6 Å². The molecule has 2 fully saturated rings. The molecule has 0 aromatic heterocycles. The van der Waals surface area contributed by atoms with Crippen molar-refractivity contribution < 1.29 is 32.3 Å². The molecule has 2 aromatic carbocycles. The average molecular weight is 560 g/mol. The second-order valence-electron chi connectivity index (χ2n) is 12.5. The molecule has 1 heterocycles. The molecule has 0 bridgehead atoms. The van der Waals surface area contributed by atoms with E-state index in [0.717, 1.165) is 29.5 Å². The van der Waals surface area contributed by atoms with E-state index in [0.29, 0.717) is 58.4 Å². The number of alkyl halides is 4. The second-order valence-corrected chi connectivity index (χ2v) is 12.5. The van der Waals surface area contributed by atoms with Crippen LogP contribution in [0.5, 0.6) is 0 Å². The number of nitrogens with zero attached hydrogens (tertiary/aromatic N) is 1. The Hall–Kier alpha value is -2.90. The van der Waals surface area contributed by atoms with E-state index in [9.17, 15) is 32.3 Å². The van der Waals surface area contributed by atoms with Gasteiger partial charge in [0.25, 0.3) is 0 Å². The number of hydrogen-bond acceptors (Lipinski definition) is 2. The molecule has 216 valence electrons. The molecule has 1 aliphatic heterocycles. The van der Waals surface area contributed by atoms with Crippen LogP contribution >= 0.6 is 0 Å². The summed E-state index contributed by atoms with van der Waals surface area (Å²) in [5.41, 5.74) is -2.43. The third kappa shape index (κ3) is 4.81. The number of carboxylic acid groups (broad SMARTS) is 1. The maximum Gasteiger partial charge on any atom is 0.426 e. The van der Waals surface area contributed by atoms with Gasteiger partial charge in [-0.1, -0.05) is 48.5 Å². The number of benzene rings is 2. The van der Waals surface area contributed by atoms with E-state index in [1.807, 2.05) is 35.2 Å². The molecule has 4 nitrogen and oxygen atoms in total. The second kappa shape index (κ2) is 10.2. The predicted octanol–water partition coefficient (Wildman–Crippen LogP) is 7.13. The number of amides is 1. The first-order chi connectivity index (χ1) is 18.8. The molecule has 2 aliphatic carbocycles. The number of carboxylic acids is 1. The van der Waals surface area contributed by atoms with E-state index in [4.69, 9.17) is 0 Å². The number of aryl methyl sites for hydroxylation is 1. The summed E-state index contributed by atoms with van der Waals surface area (Å²) >= 11 is 0. The molecule has 5 rings (SSSR count). The van der Waals surface area contributed by atoms with Crippen LogP contribution in [-0.2, 0) is 33.5 Å². The minimum absolute atomic E-state index is 0.0584. The first kappa shape index (κ1) is 28.6. The van der Waals surface area contributed by atoms with E-state index >= 15 is 0 Å². The summed E-state index contributed by atoms with van der Waals surface area (Å²) in [7, 11) is 0. The summed E-state index contributed by atoms with van der Waals surface area (Å²) in [6.45, 7) is 2.92. The fourth-order valence-electron chi connectivity index (χ4n) is 7.44. The monoisotopic (exact) mass is 559 g/mol. The van der Waals surface area contributed by atoms with E-state index in [-0.39, 0.29) is 23.4 Å². The van der Waals surface area contributed by atoms with Crippen LogP contribution in [0.2, 0.25) is 0 Å². The van der Waals surface area contributed by atoms with Crippen molar-refractivity contribution in [1.29, 1.82) is 0 Å². The Bertz CT molecular complexity index is 1270. The Morgan fingerprint density at radius 2 is 1.68 bits per heavy atom. The number of aliphatic carboxylic acids is 1. The van der Waals surface area contributed by atoms with Crippen LogP contribution in [0.25, 0.3) is 0 Å². The van der Waals surface area contributed by atoms with E-state index in [1.165, 1.54) is 12.1 Å². The Balaban J connectivity index is 1.51. The van der Waals surface area contributed by atoms with Gasteiger partial charge in [0.15, 0.2) is 0 Å². The molecule has 3 aliphatic rings. The molecule has 3 atom stereocenters. The average Bonchev–Trinajstić information content (AvgIpc) is 2.92. The number of fused-ring (bicyclic) bond motifs is 3. The zero-order valence-electron chi connectivity index (χ0n) is 23.1. The van der Waals surface area contributed by atoms with Crippen molar-refractivity contribution in [2.45, 2.75) is 94.9 Å². The molecule has 0 spiro atoms. The summed E-state index contributed by atoms with van der Waals surface area (Å²) in [6, 6.07) is 14.1. The molecule has 1 saturated heterocycles. The highest BCUT2D eigenvalue weighted by Crippen LogP contribution is 2.51. The number of piperidine rings is 1. The van der Waals surface area contributed by atoms with Gasteiger partial charge in [0, 0.05) is 23.9 Å². The maximum atomic E-state index is 14.9. The molecule has 1 saturated carbocycles. The number of likely N-dealkylation sites (tertiary alicyclic amines) is 1. The molecular weight excluding hydrogens is 522 g/mol. The van der Waals surface area contributed by atoms with E-state index in [1.54, 1.807) is 13.0 Å². The van der Waals surface area contributed by atoms with Gasteiger partial charge in [-0.3, -0.25) is 9.59 Å². The number of carbonyl (C=O) groups is 2. The van der Waals surface area contributed by atoms with Gasteiger partial charge >= 0.3 is 12.1 Å². The van der Waals surface area contributed by atoms with Crippen molar-refractivity contribution in [2.24, 2.45) is 11.3 Å². The highest BCUT2D eigenvalue weighted by Gasteiger charge is 2.55. The van der Waals surface area contributed by atoms with Crippen LogP contribution in [0.15, 0.2) is 48.5 Å². The minimum atomic E-state index is -5.02. The van der Waals surface area contributed by atoms with Gasteiger partial charge in [-0.05, 0) is 93.9 Å². The van der Waals surface area contributed by atoms with Gasteiger partial charge in [0.1, 0.15) is 0 Å². The highest BCUT2D eigenvalue weighted by molar-refractivity contribution is 5.81. The van der Waals surface area contributed by atoms with E-state index < -0.39 is 28.6 Å². The highest BCUT2D eigenvalue weighted by atomic mass is 19.4. The molecule has 8 heteroatoms. The van der Waals surface area contributed by atoms with E-state index in [2.05, 4.69) is 0 Å². The normalized spacial score (nSPS) is 30.1. The molecule has 3 unspecified atom stereocenters. The largest absolute Gasteiger partial charge is 0.481 e. The lowest BCUT2D eigenvalue weighted by Gasteiger charge is -2.55. The van der Waals surface area contributed by atoms with Gasteiger partial charge in [0.2, 0.25) is 11.6 Å². The fourth-order valence-corrected chi connectivity index (χ4v) is 7.44. The van der Waals surface area contributed by atoms with Crippen LogP contribution in [0.3, 0.4) is 0 Å². The molecule has 1 amide bonds. The summed E-state index contributed by atoms with van der Waals surface area (Å²) < 4.78 is 55.6.